The minimum Gasteiger partial charge on any atom is -0.495 e. The van der Waals surface area contributed by atoms with E-state index in [0.29, 0.717) is 11.4 Å². The van der Waals surface area contributed by atoms with Gasteiger partial charge in [-0.3, -0.25) is 14.9 Å². The Morgan fingerprint density at radius 2 is 1.77 bits per heavy atom. The summed E-state index contributed by atoms with van der Waals surface area (Å²) in [5.41, 5.74) is 0.405. The average Bonchev–Trinajstić information content (AvgIpc) is 2.73. The number of hydrogen-bond acceptors (Lipinski definition) is 8. The van der Waals surface area contributed by atoms with E-state index in [1.54, 1.807) is 19.1 Å². The van der Waals surface area contributed by atoms with Crippen LogP contribution in [0.25, 0.3) is 0 Å². The van der Waals surface area contributed by atoms with Crippen LogP contribution in [0.1, 0.15) is 29.8 Å². The molecule has 10 nitrogen and oxygen atoms in total. The fourth-order valence-corrected chi connectivity index (χ4v) is 2.72. The van der Waals surface area contributed by atoms with E-state index in [1.807, 2.05) is 13.0 Å². The molecule has 166 valence electrons. The van der Waals surface area contributed by atoms with Crippen molar-refractivity contribution >= 4 is 23.3 Å². The molecule has 2 aromatic rings. The van der Waals surface area contributed by atoms with Gasteiger partial charge < -0.3 is 24.3 Å². The van der Waals surface area contributed by atoms with Crippen molar-refractivity contribution in [1.29, 1.82) is 0 Å². The number of ether oxygens (including phenoxy) is 4. The molecule has 0 spiro atoms. The highest BCUT2D eigenvalue weighted by atomic mass is 16.6. The third kappa shape index (κ3) is 5.62. The quantitative estimate of drug-likeness (QED) is 0.362. The van der Waals surface area contributed by atoms with E-state index >= 15 is 0 Å². The summed E-state index contributed by atoms with van der Waals surface area (Å²) in [5.74, 6) is -0.996. The fourth-order valence-electron chi connectivity index (χ4n) is 2.72. The first kappa shape index (κ1) is 23.5. The normalized spacial score (nSPS) is 11.3. The number of aryl methyl sites for hydroxylation is 1. The van der Waals surface area contributed by atoms with E-state index in [-0.39, 0.29) is 23.7 Å². The Kier molecular flexibility index (Phi) is 7.78. The fraction of sp³-hybridized carbons (Fsp3) is 0.333. The molecular formula is C21H24N2O8. The van der Waals surface area contributed by atoms with Gasteiger partial charge in [0, 0.05) is 6.07 Å². The second kappa shape index (κ2) is 10.3. The van der Waals surface area contributed by atoms with Crippen LogP contribution in [0.4, 0.5) is 11.4 Å². The Balaban J connectivity index is 2.25. The summed E-state index contributed by atoms with van der Waals surface area (Å²) in [6, 6.07) is 7.45. The Morgan fingerprint density at radius 1 is 1.10 bits per heavy atom. The first-order valence-corrected chi connectivity index (χ1v) is 9.37. The zero-order valence-corrected chi connectivity index (χ0v) is 17.9. The van der Waals surface area contributed by atoms with Crippen LogP contribution in [0.15, 0.2) is 30.3 Å². The molecule has 0 saturated heterocycles. The number of rotatable bonds is 9. The highest BCUT2D eigenvalue weighted by Crippen LogP contribution is 2.35. The van der Waals surface area contributed by atoms with E-state index in [0.717, 1.165) is 17.7 Å². The highest BCUT2D eigenvalue weighted by Gasteiger charge is 2.28. The van der Waals surface area contributed by atoms with Crippen LogP contribution in [-0.4, -0.2) is 43.7 Å². The molecule has 1 amide bonds. The summed E-state index contributed by atoms with van der Waals surface area (Å²) in [4.78, 5) is 35.9. The predicted molar refractivity (Wildman–Crippen MR) is 112 cm³/mol. The van der Waals surface area contributed by atoms with Crippen molar-refractivity contribution < 1.29 is 33.5 Å². The summed E-state index contributed by atoms with van der Waals surface area (Å²) >= 11 is 0. The van der Waals surface area contributed by atoms with Crippen molar-refractivity contribution in [3.63, 3.8) is 0 Å². The van der Waals surface area contributed by atoms with Crippen molar-refractivity contribution in [2.75, 3.05) is 26.1 Å². The van der Waals surface area contributed by atoms with Gasteiger partial charge in [-0.2, -0.15) is 0 Å². The zero-order chi connectivity index (χ0) is 23.1. The van der Waals surface area contributed by atoms with Crippen LogP contribution >= 0.6 is 0 Å². The number of methoxy groups -OCH3 is 2. The molecule has 0 saturated carbocycles. The molecule has 0 bridgehead atoms. The van der Waals surface area contributed by atoms with Crippen molar-refractivity contribution in [3.8, 4) is 17.2 Å². The molecule has 0 aliphatic heterocycles. The van der Waals surface area contributed by atoms with Gasteiger partial charge >= 0.3 is 5.97 Å². The van der Waals surface area contributed by atoms with Gasteiger partial charge in [-0.25, -0.2) is 4.79 Å². The van der Waals surface area contributed by atoms with E-state index in [4.69, 9.17) is 18.9 Å². The largest absolute Gasteiger partial charge is 0.495 e. The minimum atomic E-state index is -1.24. The van der Waals surface area contributed by atoms with Crippen molar-refractivity contribution in [2.24, 2.45) is 0 Å². The maximum absolute atomic E-state index is 12.6. The van der Waals surface area contributed by atoms with Crippen LogP contribution in [0.3, 0.4) is 0 Å². The lowest BCUT2D eigenvalue weighted by Gasteiger charge is -2.16. The number of nitro groups is 1. The van der Waals surface area contributed by atoms with Gasteiger partial charge in [-0.05, 0) is 38.5 Å². The van der Waals surface area contributed by atoms with Gasteiger partial charge in [0.25, 0.3) is 11.6 Å². The first-order valence-electron chi connectivity index (χ1n) is 9.37. The van der Waals surface area contributed by atoms with E-state index < -0.39 is 28.6 Å². The number of esters is 1. The van der Waals surface area contributed by atoms with Gasteiger partial charge in [-0.15, -0.1) is 0 Å². The number of anilines is 1. The number of carbonyl (C=O) groups excluding carboxylic acids is 2. The summed E-state index contributed by atoms with van der Waals surface area (Å²) in [6.45, 7) is 5.16. The van der Waals surface area contributed by atoms with Crippen LogP contribution < -0.4 is 19.5 Å². The minimum absolute atomic E-state index is 0.0995. The van der Waals surface area contributed by atoms with Crippen LogP contribution in [0, 0.1) is 17.0 Å². The SMILES string of the molecule is CCOc1cc(C(=O)OC(C)C(=O)Nc2cc(C)ccc2OC)c([N+](=O)[O-])cc1OC. The van der Waals surface area contributed by atoms with Crippen LogP contribution in [-0.2, 0) is 9.53 Å². The van der Waals surface area contributed by atoms with Crippen LogP contribution in [0.2, 0.25) is 0 Å². The molecule has 31 heavy (non-hydrogen) atoms. The van der Waals surface area contributed by atoms with Crippen molar-refractivity contribution in [2.45, 2.75) is 26.9 Å². The van der Waals surface area contributed by atoms with Crippen molar-refractivity contribution in [3.05, 3.63) is 51.6 Å². The monoisotopic (exact) mass is 432 g/mol. The molecular weight excluding hydrogens is 408 g/mol. The summed E-state index contributed by atoms with van der Waals surface area (Å²) < 4.78 is 20.8. The Labute approximate surface area is 179 Å². The molecule has 2 rings (SSSR count). The molecule has 0 heterocycles. The molecule has 1 N–H and O–H groups in total. The first-order chi connectivity index (χ1) is 14.7. The topological polar surface area (TPSA) is 126 Å². The number of benzene rings is 2. The van der Waals surface area contributed by atoms with Gasteiger partial charge in [-0.1, -0.05) is 6.07 Å². The Bertz CT molecular complexity index is 990. The van der Waals surface area contributed by atoms with Gasteiger partial charge in [0.2, 0.25) is 0 Å². The molecule has 0 radical (unpaired) electrons. The van der Waals surface area contributed by atoms with Gasteiger partial charge in [0.05, 0.1) is 37.5 Å². The van der Waals surface area contributed by atoms with Gasteiger partial charge in [0.1, 0.15) is 11.3 Å². The molecule has 0 fully saturated rings. The van der Waals surface area contributed by atoms with E-state index in [1.165, 1.54) is 21.1 Å². The van der Waals surface area contributed by atoms with E-state index in [9.17, 15) is 19.7 Å². The molecule has 2 aromatic carbocycles. The number of carbonyl (C=O) groups is 2. The van der Waals surface area contributed by atoms with E-state index in [2.05, 4.69) is 5.32 Å². The summed E-state index contributed by atoms with van der Waals surface area (Å²) in [6.07, 6.45) is -1.24. The summed E-state index contributed by atoms with van der Waals surface area (Å²) in [7, 11) is 2.79. The number of nitrogens with one attached hydrogen (secondary N) is 1. The Hall–Kier alpha value is -3.82. The summed E-state index contributed by atoms with van der Waals surface area (Å²) in [5, 5.41) is 14.1. The predicted octanol–water partition coefficient (Wildman–Crippen LogP) is 3.50. The zero-order valence-electron chi connectivity index (χ0n) is 17.9. The number of nitrogens with zero attached hydrogens (tertiary/aromatic N) is 1. The number of amides is 1. The Morgan fingerprint density at radius 3 is 2.35 bits per heavy atom. The smallest absolute Gasteiger partial charge is 0.346 e. The maximum Gasteiger partial charge on any atom is 0.346 e. The lowest BCUT2D eigenvalue weighted by Crippen LogP contribution is -2.30. The second-order valence-electron chi connectivity index (χ2n) is 6.45. The molecule has 0 aliphatic rings. The standard InChI is InChI=1S/C21H24N2O8/c1-6-30-19-10-14(16(23(26)27)11-18(19)29-5)21(25)31-13(3)20(24)22-15-9-12(2)7-8-17(15)28-4/h7-11,13H,6H2,1-5H3,(H,22,24). The highest BCUT2D eigenvalue weighted by molar-refractivity contribution is 6.00. The average molecular weight is 432 g/mol. The molecule has 1 unspecified atom stereocenters. The maximum atomic E-state index is 12.6. The number of hydrogen-bond donors (Lipinski definition) is 1. The lowest BCUT2D eigenvalue weighted by atomic mass is 10.1. The lowest BCUT2D eigenvalue weighted by molar-refractivity contribution is -0.385. The molecule has 1 atom stereocenters. The molecule has 0 aliphatic carbocycles. The van der Waals surface area contributed by atoms with Gasteiger partial charge in [0.15, 0.2) is 17.6 Å². The number of nitro benzene ring substituents is 1. The third-order valence-electron chi connectivity index (χ3n) is 4.26. The van der Waals surface area contributed by atoms with Crippen molar-refractivity contribution in [1.82, 2.24) is 0 Å². The van der Waals surface area contributed by atoms with Crippen LogP contribution in [0.5, 0.6) is 17.2 Å². The molecule has 0 aromatic heterocycles. The second-order valence-corrected chi connectivity index (χ2v) is 6.45. The molecule has 10 heteroatoms. The third-order valence-corrected chi connectivity index (χ3v) is 4.26.